The molecular weight excluding hydrogens is 304 g/mol. The molecule has 0 radical (unpaired) electrons. The SMILES string of the molecule is CCCCCC1(O)c2ccccc2-c2cccc(-c3ccccc3)c21. The smallest absolute Gasteiger partial charge is 0.116 e. The van der Waals surface area contributed by atoms with Gasteiger partial charge in [0.15, 0.2) is 0 Å². The molecule has 1 unspecified atom stereocenters. The molecule has 0 fully saturated rings. The van der Waals surface area contributed by atoms with Crippen molar-refractivity contribution in [1.82, 2.24) is 0 Å². The molecule has 3 aromatic carbocycles. The summed E-state index contributed by atoms with van der Waals surface area (Å²) in [5.74, 6) is 0. The summed E-state index contributed by atoms with van der Waals surface area (Å²) >= 11 is 0. The van der Waals surface area contributed by atoms with E-state index in [2.05, 4.69) is 67.6 Å². The Hall–Kier alpha value is -2.38. The largest absolute Gasteiger partial charge is 0.380 e. The van der Waals surface area contributed by atoms with Crippen molar-refractivity contribution < 1.29 is 5.11 Å². The fraction of sp³-hybridized carbons (Fsp3) is 0.250. The standard InChI is InChI=1S/C24H24O/c1-2-3-9-17-24(25)22-16-8-7-13-20(22)21-15-10-14-19(23(21)24)18-11-5-4-6-12-18/h4-8,10-16,25H,2-3,9,17H2,1H3. The second kappa shape index (κ2) is 6.50. The summed E-state index contributed by atoms with van der Waals surface area (Å²) in [4.78, 5) is 0. The predicted octanol–water partition coefficient (Wildman–Crippen LogP) is 6.15. The van der Waals surface area contributed by atoms with Crippen LogP contribution in [0, 0.1) is 0 Å². The van der Waals surface area contributed by atoms with Crippen LogP contribution in [0.5, 0.6) is 0 Å². The molecule has 0 aliphatic heterocycles. The maximum absolute atomic E-state index is 11.9. The monoisotopic (exact) mass is 328 g/mol. The van der Waals surface area contributed by atoms with Crippen LogP contribution in [0.3, 0.4) is 0 Å². The van der Waals surface area contributed by atoms with Gasteiger partial charge in [0, 0.05) is 5.56 Å². The Morgan fingerprint density at radius 1 is 0.720 bits per heavy atom. The Morgan fingerprint density at radius 3 is 2.20 bits per heavy atom. The van der Waals surface area contributed by atoms with E-state index in [1.54, 1.807) is 0 Å². The van der Waals surface area contributed by atoms with Crippen molar-refractivity contribution >= 4 is 0 Å². The molecule has 126 valence electrons. The molecule has 0 saturated heterocycles. The summed E-state index contributed by atoms with van der Waals surface area (Å²) < 4.78 is 0. The maximum Gasteiger partial charge on any atom is 0.116 e. The highest BCUT2D eigenvalue weighted by molar-refractivity contribution is 5.87. The zero-order chi connectivity index (χ0) is 17.3. The molecule has 0 heterocycles. The van der Waals surface area contributed by atoms with E-state index in [1.165, 1.54) is 16.7 Å². The third-order valence-electron chi connectivity index (χ3n) is 5.37. The molecular formula is C24H24O. The van der Waals surface area contributed by atoms with Gasteiger partial charge in [0.1, 0.15) is 5.60 Å². The zero-order valence-electron chi connectivity index (χ0n) is 14.7. The third kappa shape index (κ3) is 2.60. The quantitative estimate of drug-likeness (QED) is 0.557. The fourth-order valence-electron chi connectivity index (χ4n) is 4.18. The topological polar surface area (TPSA) is 20.2 Å². The van der Waals surface area contributed by atoms with E-state index < -0.39 is 5.60 Å². The van der Waals surface area contributed by atoms with Gasteiger partial charge < -0.3 is 5.11 Å². The Labute approximate surface area is 150 Å². The zero-order valence-corrected chi connectivity index (χ0v) is 14.7. The van der Waals surface area contributed by atoms with E-state index in [1.807, 2.05) is 12.1 Å². The van der Waals surface area contributed by atoms with Gasteiger partial charge in [0.2, 0.25) is 0 Å². The highest BCUT2D eigenvalue weighted by Crippen LogP contribution is 2.53. The second-order valence-corrected chi connectivity index (χ2v) is 6.96. The first-order valence-corrected chi connectivity index (χ1v) is 9.27. The number of fused-ring (bicyclic) bond motifs is 3. The number of hydrogen-bond acceptors (Lipinski definition) is 1. The molecule has 1 nitrogen and oxygen atoms in total. The Bertz CT molecular complexity index is 882. The molecule has 1 N–H and O–H groups in total. The fourth-order valence-corrected chi connectivity index (χ4v) is 4.18. The van der Waals surface area contributed by atoms with Gasteiger partial charge in [-0.05, 0) is 40.7 Å². The van der Waals surface area contributed by atoms with Crippen LogP contribution in [0.25, 0.3) is 22.3 Å². The first kappa shape index (κ1) is 16.1. The summed E-state index contributed by atoms with van der Waals surface area (Å²) in [7, 11) is 0. The number of benzene rings is 3. The summed E-state index contributed by atoms with van der Waals surface area (Å²) in [5, 5.41) is 11.9. The molecule has 0 spiro atoms. The van der Waals surface area contributed by atoms with Crippen molar-refractivity contribution in [1.29, 1.82) is 0 Å². The summed E-state index contributed by atoms with van der Waals surface area (Å²) in [6.45, 7) is 2.20. The van der Waals surface area contributed by atoms with Gasteiger partial charge in [-0.15, -0.1) is 0 Å². The molecule has 25 heavy (non-hydrogen) atoms. The molecule has 0 saturated carbocycles. The lowest BCUT2D eigenvalue weighted by Crippen LogP contribution is -2.25. The van der Waals surface area contributed by atoms with Crippen molar-refractivity contribution in [2.24, 2.45) is 0 Å². The first-order chi connectivity index (χ1) is 12.3. The van der Waals surface area contributed by atoms with Gasteiger partial charge in [-0.1, -0.05) is 92.6 Å². The second-order valence-electron chi connectivity index (χ2n) is 6.96. The predicted molar refractivity (Wildman–Crippen MR) is 104 cm³/mol. The summed E-state index contributed by atoms with van der Waals surface area (Å²) in [5.41, 5.74) is 5.91. The lowest BCUT2D eigenvalue weighted by atomic mass is 9.82. The Kier molecular flexibility index (Phi) is 4.19. The molecule has 1 atom stereocenters. The summed E-state index contributed by atoms with van der Waals surface area (Å²) in [6, 6.07) is 25.2. The number of rotatable bonds is 5. The van der Waals surface area contributed by atoms with Crippen LogP contribution in [0.15, 0.2) is 72.8 Å². The molecule has 1 aliphatic carbocycles. The van der Waals surface area contributed by atoms with Crippen LogP contribution < -0.4 is 0 Å². The van der Waals surface area contributed by atoms with Crippen LogP contribution >= 0.6 is 0 Å². The minimum absolute atomic E-state index is 0.773. The van der Waals surface area contributed by atoms with E-state index in [-0.39, 0.29) is 0 Å². The van der Waals surface area contributed by atoms with Crippen molar-refractivity contribution in [3.8, 4) is 22.3 Å². The minimum Gasteiger partial charge on any atom is -0.380 e. The average Bonchev–Trinajstić information content (AvgIpc) is 2.93. The minimum atomic E-state index is -0.895. The van der Waals surface area contributed by atoms with Crippen LogP contribution in [0.2, 0.25) is 0 Å². The maximum atomic E-state index is 11.9. The van der Waals surface area contributed by atoms with Crippen molar-refractivity contribution in [2.45, 2.75) is 38.2 Å². The Morgan fingerprint density at radius 2 is 1.40 bits per heavy atom. The lowest BCUT2D eigenvalue weighted by molar-refractivity contribution is 0.0733. The van der Waals surface area contributed by atoms with Gasteiger partial charge in [-0.3, -0.25) is 0 Å². The van der Waals surface area contributed by atoms with Gasteiger partial charge in [-0.25, -0.2) is 0 Å². The van der Waals surface area contributed by atoms with E-state index in [9.17, 15) is 5.11 Å². The number of aliphatic hydroxyl groups is 1. The first-order valence-electron chi connectivity index (χ1n) is 9.27. The number of unbranched alkanes of at least 4 members (excludes halogenated alkanes) is 2. The molecule has 0 bridgehead atoms. The molecule has 0 amide bonds. The van der Waals surface area contributed by atoms with E-state index in [4.69, 9.17) is 0 Å². The van der Waals surface area contributed by atoms with Crippen LogP contribution in [-0.4, -0.2) is 5.11 Å². The van der Waals surface area contributed by atoms with Crippen molar-refractivity contribution in [2.75, 3.05) is 0 Å². The van der Waals surface area contributed by atoms with Crippen LogP contribution in [-0.2, 0) is 5.60 Å². The van der Waals surface area contributed by atoms with E-state index in [0.717, 1.165) is 42.4 Å². The third-order valence-corrected chi connectivity index (χ3v) is 5.37. The van der Waals surface area contributed by atoms with Gasteiger partial charge in [0.25, 0.3) is 0 Å². The normalized spacial score (nSPS) is 18.0. The highest BCUT2D eigenvalue weighted by atomic mass is 16.3. The average molecular weight is 328 g/mol. The highest BCUT2D eigenvalue weighted by Gasteiger charge is 2.42. The van der Waals surface area contributed by atoms with Gasteiger partial charge >= 0.3 is 0 Å². The van der Waals surface area contributed by atoms with Crippen LogP contribution in [0.4, 0.5) is 0 Å². The number of hydrogen-bond donors (Lipinski definition) is 1. The van der Waals surface area contributed by atoms with E-state index in [0.29, 0.717) is 0 Å². The molecule has 1 aliphatic rings. The summed E-state index contributed by atoms with van der Waals surface area (Å²) in [6.07, 6.45) is 4.11. The Balaban J connectivity index is 1.93. The molecule has 3 aromatic rings. The van der Waals surface area contributed by atoms with Gasteiger partial charge in [-0.2, -0.15) is 0 Å². The molecule has 0 aromatic heterocycles. The van der Waals surface area contributed by atoms with Crippen molar-refractivity contribution in [3.05, 3.63) is 83.9 Å². The van der Waals surface area contributed by atoms with Crippen LogP contribution in [0.1, 0.15) is 43.7 Å². The van der Waals surface area contributed by atoms with Crippen molar-refractivity contribution in [3.63, 3.8) is 0 Å². The van der Waals surface area contributed by atoms with E-state index >= 15 is 0 Å². The molecule has 4 rings (SSSR count). The lowest BCUT2D eigenvalue weighted by Gasteiger charge is -2.28. The van der Waals surface area contributed by atoms with Gasteiger partial charge in [0.05, 0.1) is 0 Å². The molecule has 1 heteroatoms.